The van der Waals surface area contributed by atoms with E-state index < -0.39 is 0 Å². The number of rotatable bonds is 4. The number of nitrogens with one attached hydrogen (secondary N) is 1. The molecular formula is C18H22FN3O3. The average Bonchev–Trinajstić information content (AvgIpc) is 3.41. The van der Waals surface area contributed by atoms with Gasteiger partial charge in [0.15, 0.2) is 0 Å². The first kappa shape index (κ1) is 17.4. The molecule has 1 aromatic rings. The lowest BCUT2D eigenvalue weighted by Crippen LogP contribution is -2.50. The summed E-state index contributed by atoms with van der Waals surface area (Å²) in [4.78, 5) is 39.4. The summed E-state index contributed by atoms with van der Waals surface area (Å²) in [6.45, 7) is 3.75. The van der Waals surface area contributed by atoms with Crippen molar-refractivity contribution in [2.75, 3.05) is 26.2 Å². The van der Waals surface area contributed by atoms with E-state index in [-0.39, 0.29) is 41.9 Å². The Morgan fingerprint density at radius 2 is 1.72 bits per heavy atom. The minimum absolute atomic E-state index is 0.0175. The van der Waals surface area contributed by atoms with Crippen LogP contribution >= 0.6 is 0 Å². The van der Waals surface area contributed by atoms with Gasteiger partial charge in [-0.25, -0.2) is 4.39 Å². The predicted molar refractivity (Wildman–Crippen MR) is 88.7 cm³/mol. The molecule has 2 aliphatic rings. The predicted octanol–water partition coefficient (Wildman–Crippen LogP) is 0.769. The molecule has 0 bridgehead atoms. The van der Waals surface area contributed by atoms with Gasteiger partial charge in [0.2, 0.25) is 17.7 Å². The van der Waals surface area contributed by atoms with Gasteiger partial charge in [-0.05, 0) is 12.5 Å². The Kier molecular flexibility index (Phi) is 5.01. The number of nitrogens with zero attached hydrogens (tertiary/aromatic N) is 2. The van der Waals surface area contributed by atoms with Crippen LogP contribution in [0.1, 0.15) is 18.9 Å². The van der Waals surface area contributed by atoms with Crippen LogP contribution in [-0.4, -0.2) is 53.7 Å². The van der Waals surface area contributed by atoms with E-state index in [2.05, 4.69) is 5.32 Å². The molecule has 134 valence electrons. The molecule has 25 heavy (non-hydrogen) atoms. The van der Waals surface area contributed by atoms with Crippen LogP contribution in [0.25, 0.3) is 0 Å². The van der Waals surface area contributed by atoms with Crippen molar-refractivity contribution in [3.8, 4) is 0 Å². The second-order valence-electron chi connectivity index (χ2n) is 6.59. The maximum absolute atomic E-state index is 13.6. The number of hydrogen-bond acceptors (Lipinski definition) is 3. The van der Waals surface area contributed by atoms with Crippen LogP contribution in [0.2, 0.25) is 0 Å². The molecule has 0 spiro atoms. The lowest BCUT2D eigenvalue weighted by atomic mass is 10.2. The van der Waals surface area contributed by atoms with E-state index >= 15 is 0 Å². The minimum Gasteiger partial charge on any atom is -0.352 e. The molecule has 2 unspecified atom stereocenters. The summed E-state index contributed by atoms with van der Waals surface area (Å²) >= 11 is 0. The maximum atomic E-state index is 13.6. The monoisotopic (exact) mass is 347 g/mol. The molecule has 1 aliphatic heterocycles. The highest BCUT2D eigenvalue weighted by Gasteiger charge is 2.49. The largest absolute Gasteiger partial charge is 0.352 e. The number of hydrogen-bond donors (Lipinski definition) is 1. The number of carbonyl (C=O) groups excluding carboxylic acids is 3. The Balaban J connectivity index is 1.46. The van der Waals surface area contributed by atoms with Crippen LogP contribution in [0.3, 0.4) is 0 Å². The number of benzene rings is 1. The SMILES string of the molecule is CC(=O)N1CCN(C(=O)C2CC2C(=O)NCc2ccccc2F)CC1. The van der Waals surface area contributed by atoms with E-state index in [9.17, 15) is 18.8 Å². The van der Waals surface area contributed by atoms with Gasteiger partial charge in [0, 0.05) is 45.2 Å². The van der Waals surface area contributed by atoms with E-state index in [0.29, 0.717) is 38.2 Å². The van der Waals surface area contributed by atoms with Crippen LogP contribution in [0, 0.1) is 17.7 Å². The molecule has 1 aromatic carbocycles. The summed E-state index contributed by atoms with van der Waals surface area (Å²) in [5, 5.41) is 2.71. The van der Waals surface area contributed by atoms with Crippen LogP contribution in [0.5, 0.6) is 0 Å². The zero-order chi connectivity index (χ0) is 18.0. The molecular weight excluding hydrogens is 325 g/mol. The molecule has 7 heteroatoms. The maximum Gasteiger partial charge on any atom is 0.226 e. The normalized spacial score (nSPS) is 22.5. The van der Waals surface area contributed by atoms with Crippen LogP contribution in [0.4, 0.5) is 4.39 Å². The van der Waals surface area contributed by atoms with Crippen molar-refractivity contribution in [2.45, 2.75) is 19.9 Å². The van der Waals surface area contributed by atoms with E-state index in [4.69, 9.17) is 0 Å². The summed E-state index contributed by atoms with van der Waals surface area (Å²) < 4.78 is 13.6. The van der Waals surface area contributed by atoms with Gasteiger partial charge in [-0.15, -0.1) is 0 Å². The van der Waals surface area contributed by atoms with Gasteiger partial charge in [0.1, 0.15) is 5.82 Å². The van der Waals surface area contributed by atoms with Crippen LogP contribution < -0.4 is 5.32 Å². The zero-order valence-electron chi connectivity index (χ0n) is 14.2. The van der Waals surface area contributed by atoms with E-state index in [1.807, 2.05) is 0 Å². The molecule has 1 saturated carbocycles. The molecule has 1 saturated heterocycles. The van der Waals surface area contributed by atoms with E-state index in [1.54, 1.807) is 28.0 Å². The fourth-order valence-electron chi connectivity index (χ4n) is 3.19. The van der Waals surface area contributed by atoms with Crippen molar-refractivity contribution in [3.63, 3.8) is 0 Å². The molecule has 0 aromatic heterocycles. The van der Waals surface area contributed by atoms with Crippen molar-refractivity contribution >= 4 is 17.7 Å². The highest BCUT2D eigenvalue weighted by atomic mass is 19.1. The van der Waals surface area contributed by atoms with Crippen molar-refractivity contribution in [2.24, 2.45) is 11.8 Å². The molecule has 0 radical (unpaired) electrons. The molecule has 2 fully saturated rings. The zero-order valence-corrected chi connectivity index (χ0v) is 14.2. The quantitative estimate of drug-likeness (QED) is 0.875. The van der Waals surface area contributed by atoms with E-state index in [0.717, 1.165) is 0 Å². The van der Waals surface area contributed by atoms with Gasteiger partial charge < -0.3 is 15.1 Å². The second-order valence-corrected chi connectivity index (χ2v) is 6.59. The van der Waals surface area contributed by atoms with Crippen molar-refractivity contribution < 1.29 is 18.8 Å². The smallest absolute Gasteiger partial charge is 0.226 e. The third-order valence-corrected chi connectivity index (χ3v) is 4.89. The lowest BCUT2D eigenvalue weighted by Gasteiger charge is -2.34. The van der Waals surface area contributed by atoms with E-state index in [1.165, 1.54) is 13.0 Å². The second kappa shape index (κ2) is 7.21. The summed E-state index contributed by atoms with van der Waals surface area (Å²) in [6, 6.07) is 6.29. The first-order chi connectivity index (χ1) is 12.0. The molecule has 3 rings (SSSR count). The lowest BCUT2D eigenvalue weighted by molar-refractivity contribution is -0.140. The van der Waals surface area contributed by atoms with Gasteiger partial charge in [-0.2, -0.15) is 0 Å². The van der Waals surface area contributed by atoms with Gasteiger partial charge in [0.25, 0.3) is 0 Å². The highest BCUT2D eigenvalue weighted by Crippen LogP contribution is 2.40. The number of halogens is 1. The van der Waals surface area contributed by atoms with Crippen molar-refractivity contribution in [3.05, 3.63) is 35.6 Å². The van der Waals surface area contributed by atoms with Crippen LogP contribution in [-0.2, 0) is 20.9 Å². The first-order valence-electron chi connectivity index (χ1n) is 8.53. The van der Waals surface area contributed by atoms with Crippen LogP contribution in [0.15, 0.2) is 24.3 Å². The number of amides is 3. The number of piperazine rings is 1. The van der Waals surface area contributed by atoms with Gasteiger partial charge in [-0.1, -0.05) is 18.2 Å². The summed E-state index contributed by atoms with van der Waals surface area (Å²) in [5.41, 5.74) is 0.430. The molecule has 1 N–H and O–H groups in total. The third-order valence-electron chi connectivity index (χ3n) is 4.89. The van der Waals surface area contributed by atoms with Gasteiger partial charge in [0.05, 0.1) is 11.8 Å². The fourth-order valence-corrected chi connectivity index (χ4v) is 3.19. The first-order valence-corrected chi connectivity index (χ1v) is 8.53. The topological polar surface area (TPSA) is 69.7 Å². The Labute approximate surface area is 146 Å². The number of carbonyl (C=O) groups is 3. The third kappa shape index (κ3) is 3.97. The standard InChI is InChI=1S/C18H22FN3O3/c1-12(23)21-6-8-22(9-7-21)18(25)15-10-14(15)17(24)20-11-13-4-2-3-5-16(13)19/h2-5,14-15H,6-11H2,1H3,(H,20,24). The summed E-state index contributed by atoms with van der Waals surface area (Å²) in [6.07, 6.45) is 0.537. The molecule has 3 amide bonds. The Bertz CT molecular complexity index is 686. The highest BCUT2D eigenvalue weighted by molar-refractivity contribution is 5.92. The van der Waals surface area contributed by atoms with Gasteiger partial charge in [-0.3, -0.25) is 14.4 Å². The van der Waals surface area contributed by atoms with Crippen molar-refractivity contribution in [1.82, 2.24) is 15.1 Å². The average molecular weight is 347 g/mol. The molecule has 1 aliphatic carbocycles. The Morgan fingerprint density at radius 1 is 1.08 bits per heavy atom. The molecule has 6 nitrogen and oxygen atoms in total. The summed E-state index contributed by atoms with van der Waals surface area (Å²) in [7, 11) is 0. The Morgan fingerprint density at radius 3 is 2.36 bits per heavy atom. The molecule has 1 heterocycles. The van der Waals surface area contributed by atoms with Crippen molar-refractivity contribution in [1.29, 1.82) is 0 Å². The minimum atomic E-state index is -0.352. The Hall–Kier alpha value is -2.44. The fraction of sp³-hybridized carbons (Fsp3) is 0.500. The van der Waals surface area contributed by atoms with Gasteiger partial charge >= 0.3 is 0 Å². The summed E-state index contributed by atoms with van der Waals surface area (Å²) in [5.74, 6) is -1.17. The molecule has 2 atom stereocenters.